The zero-order valence-corrected chi connectivity index (χ0v) is 54.7. The summed E-state index contributed by atoms with van der Waals surface area (Å²) in [6.45, 7) is 15.3. The minimum atomic E-state index is -0.483. The summed E-state index contributed by atoms with van der Waals surface area (Å²) in [5.74, 6) is -0.434. The van der Waals surface area contributed by atoms with Gasteiger partial charge in [0.1, 0.15) is 32.7 Å². The van der Waals surface area contributed by atoms with Gasteiger partial charge in [-0.05, 0) is 131 Å². The maximum absolute atomic E-state index is 11.5. The van der Waals surface area contributed by atoms with Gasteiger partial charge >= 0.3 is 60.0 Å². The number of benzene rings is 4. The highest BCUT2D eigenvalue weighted by atomic mass is 35.5. The molecule has 6 rings (SSSR count). The number of rotatable bonds is 26. The van der Waals surface area contributed by atoms with Gasteiger partial charge < -0.3 is 96.8 Å². The lowest BCUT2D eigenvalue weighted by molar-refractivity contribution is -0.142. The maximum Gasteiger partial charge on any atom is 0.325 e. The number of aryl methyl sites for hydroxylation is 1. The third-order valence-electron chi connectivity index (χ3n) is 11.9. The second-order valence-electron chi connectivity index (χ2n) is 19.3. The predicted octanol–water partition coefficient (Wildman–Crippen LogP) is 5.44. The van der Waals surface area contributed by atoms with Crippen LogP contribution in [0, 0.1) is 12.8 Å². The van der Waals surface area contributed by atoms with E-state index in [0.717, 1.165) is 48.3 Å². The Morgan fingerprint density at radius 1 is 0.441 bits per heavy atom. The van der Waals surface area contributed by atoms with Crippen molar-refractivity contribution in [3.8, 4) is 11.5 Å². The van der Waals surface area contributed by atoms with Crippen molar-refractivity contribution in [2.75, 3.05) is 105 Å². The summed E-state index contributed by atoms with van der Waals surface area (Å²) in [7, 11) is 0. The van der Waals surface area contributed by atoms with Crippen LogP contribution in [-0.2, 0) is 78.4 Å². The van der Waals surface area contributed by atoms with Crippen molar-refractivity contribution in [3.63, 3.8) is 0 Å². The smallest absolute Gasteiger partial charge is 0.325 e. The van der Waals surface area contributed by atoms with Crippen molar-refractivity contribution in [2.24, 2.45) is 5.92 Å². The average Bonchev–Trinajstić information content (AvgIpc) is 3.12. The Kier molecular flexibility index (Phi) is 41.4. The van der Waals surface area contributed by atoms with E-state index >= 15 is 0 Å². The van der Waals surface area contributed by atoms with E-state index < -0.39 is 41.9 Å². The summed E-state index contributed by atoms with van der Waals surface area (Å²) in [6, 6.07) is 23.7. The van der Waals surface area contributed by atoms with Crippen LogP contribution in [0.25, 0.3) is 0 Å². The summed E-state index contributed by atoms with van der Waals surface area (Å²) in [4.78, 5) is 112. The number of fused-ring (bicyclic) bond motifs is 1. The van der Waals surface area contributed by atoms with Crippen molar-refractivity contribution in [2.45, 2.75) is 80.4 Å². The molecule has 4 aromatic rings. The zero-order chi connectivity index (χ0) is 68.6. The van der Waals surface area contributed by atoms with E-state index in [9.17, 15) is 47.9 Å². The van der Waals surface area contributed by atoms with Gasteiger partial charge in [-0.15, -0.1) is 0 Å². The monoisotopic (exact) mass is 1340 g/mol. The molecule has 29 nitrogen and oxygen atoms in total. The number of amides is 10. The summed E-state index contributed by atoms with van der Waals surface area (Å²) < 4.78 is 39.1. The van der Waals surface area contributed by atoms with Gasteiger partial charge in [-0.3, -0.25) is 24.0 Å². The van der Waals surface area contributed by atoms with Crippen molar-refractivity contribution < 1.29 is 85.8 Å². The van der Waals surface area contributed by atoms with Crippen LogP contribution in [-0.4, -0.2) is 159 Å². The molecule has 0 radical (unpaired) electrons. The fourth-order valence-electron chi connectivity index (χ4n) is 7.34. The van der Waals surface area contributed by atoms with Gasteiger partial charge in [0.2, 0.25) is 6.79 Å². The van der Waals surface area contributed by atoms with Gasteiger partial charge in [0, 0.05) is 61.7 Å². The molecule has 0 aliphatic carbocycles. The van der Waals surface area contributed by atoms with Gasteiger partial charge in [0.15, 0.2) is 11.5 Å². The number of carbonyl (C=O) groups excluding carboxylic acids is 10. The van der Waals surface area contributed by atoms with E-state index in [1.54, 1.807) is 65.0 Å². The lowest BCUT2D eigenvalue weighted by atomic mass is 10.0. The molecule has 512 valence electrons. The number of halogens is 2. The quantitative estimate of drug-likeness (QED) is 0.0212. The van der Waals surface area contributed by atoms with Gasteiger partial charge in [-0.25, -0.2) is 24.0 Å². The van der Waals surface area contributed by atoms with Crippen LogP contribution in [0.3, 0.4) is 0 Å². The summed E-state index contributed by atoms with van der Waals surface area (Å²) in [6.07, 6.45) is 2.64. The first kappa shape index (κ1) is 79.6. The van der Waals surface area contributed by atoms with Crippen LogP contribution in [0.1, 0.15) is 75.3 Å². The predicted molar refractivity (Wildman–Crippen MR) is 345 cm³/mol. The van der Waals surface area contributed by atoms with E-state index in [2.05, 4.69) is 72.1 Å². The molecule has 10 amide bonds. The summed E-state index contributed by atoms with van der Waals surface area (Å²) in [5.41, 5.74) is 11.2. The minimum Gasteiger partial charge on any atom is -0.465 e. The van der Waals surface area contributed by atoms with Crippen LogP contribution in [0.2, 0.25) is 10.0 Å². The molecule has 0 bridgehead atoms. The van der Waals surface area contributed by atoms with Crippen molar-refractivity contribution in [3.05, 3.63) is 123 Å². The van der Waals surface area contributed by atoms with Crippen LogP contribution in [0.5, 0.6) is 11.5 Å². The van der Waals surface area contributed by atoms with Crippen LogP contribution in [0.15, 0.2) is 84.9 Å². The third kappa shape index (κ3) is 40.1. The fourth-order valence-corrected chi connectivity index (χ4v) is 7.92. The number of nitrogen functional groups attached to an aromatic ring is 1. The highest BCUT2D eigenvalue weighted by Crippen LogP contribution is 2.32. The van der Waals surface area contributed by atoms with Crippen LogP contribution in [0.4, 0.5) is 29.7 Å². The third-order valence-corrected chi connectivity index (χ3v) is 12.3. The number of carbonyl (C=O) groups is 10. The molecule has 2 aliphatic heterocycles. The minimum absolute atomic E-state index is 0.0898. The molecular formula is C62H87Cl2N11O18. The Bertz CT molecular complexity index is 2920. The normalized spacial score (nSPS) is 11.4. The maximum atomic E-state index is 11.5. The molecule has 93 heavy (non-hydrogen) atoms. The average molecular weight is 1350 g/mol. The second-order valence-corrected chi connectivity index (χ2v) is 20.2. The van der Waals surface area contributed by atoms with Crippen molar-refractivity contribution in [1.82, 2.24) is 53.2 Å². The topological polar surface area (TPSA) is 391 Å². The van der Waals surface area contributed by atoms with E-state index in [4.69, 9.17) is 47.9 Å². The standard InChI is InChI=1S/C13H19N3O3.C13H16N2O5.C13H18N2O3.C12H14Cl2N2O3.C11H20N2O4/c1-2-19-12(17)9-16-13(18)15-8-7-10-3-5-11(14)6-4-10;1-2-18-12(16)7-15-13(17)14-6-9-3-4-10-11(5-9)20-8-19-10;1-3-18-12(16)9-15-13(17)14-8-11-6-4-10(2)5-7-11;1-2-19-11(17)7-16-12(18)15-6-8-3-9(13)5-10(14)4-8;1-2-17-10(14)8-13-11(15)12-7-9-3-5-16-6-4-9/h3-6H,2,7-9,14H2,1H3,(H2,15,16,18);3-5H,2,6-8H2,1H3,(H2,14,15,17);4-7H,3,8-9H2,1-2H3,(H2,14,15,17);3-5H,2,6-7H2,1H3,(H2,15,16,18);9H,2-8H2,1H3,(H2,12,13,15). The number of anilines is 1. The number of hydrogen-bond donors (Lipinski definition) is 11. The Balaban J connectivity index is 0.000000396. The second kappa shape index (κ2) is 48.3. The highest BCUT2D eigenvalue weighted by molar-refractivity contribution is 6.34. The molecule has 0 aromatic heterocycles. The molecule has 0 spiro atoms. The van der Waals surface area contributed by atoms with E-state index in [1.165, 1.54) is 5.56 Å². The molecule has 0 atom stereocenters. The molecule has 2 aliphatic rings. The molecule has 0 unspecified atom stereocenters. The molecular weight excluding hydrogens is 1260 g/mol. The lowest BCUT2D eigenvalue weighted by Gasteiger charge is -2.22. The Labute approximate surface area is 550 Å². The molecule has 4 aromatic carbocycles. The largest absolute Gasteiger partial charge is 0.465 e. The molecule has 31 heteroatoms. The summed E-state index contributed by atoms with van der Waals surface area (Å²) >= 11 is 11.7. The first-order valence-corrected chi connectivity index (χ1v) is 30.6. The van der Waals surface area contributed by atoms with Gasteiger partial charge in [-0.1, -0.05) is 71.2 Å². The Morgan fingerprint density at radius 2 is 0.817 bits per heavy atom. The number of nitrogens with two attached hydrogens (primary N) is 1. The lowest BCUT2D eigenvalue weighted by Crippen LogP contribution is -2.41. The molecule has 12 N–H and O–H groups in total. The van der Waals surface area contributed by atoms with Crippen molar-refractivity contribution in [1.29, 1.82) is 0 Å². The molecule has 0 saturated carbocycles. The highest BCUT2D eigenvalue weighted by Gasteiger charge is 2.17. The number of urea groups is 5. The first-order chi connectivity index (χ1) is 44.6. The molecule has 1 fully saturated rings. The van der Waals surface area contributed by atoms with E-state index in [-0.39, 0.29) is 70.8 Å². The summed E-state index contributed by atoms with van der Waals surface area (Å²) in [5, 5.41) is 26.3. The van der Waals surface area contributed by atoms with E-state index in [1.807, 2.05) is 61.5 Å². The van der Waals surface area contributed by atoms with Gasteiger partial charge in [0.05, 0.1) is 33.0 Å². The molecule has 2 heterocycles. The zero-order valence-electron chi connectivity index (χ0n) is 53.2. The Morgan fingerprint density at radius 3 is 1.26 bits per heavy atom. The van der Waals surface area contributed by atoms with Crippen molar-refractivity contribution >= 4 is 88.9 Å². The van der Waals surface area contributed by atoms with Crippen LogP contribution >= 0.6 is 23.2 Å². The Hall–Kier alpha value is -9.48. The number of ether oxygens (including phenoxy) is 8. The van der Waals surface area contributed by atoms with Crippen LogP contribution < -0.4 is 68.4 Å². The molecule has 1 saturated heterocycles. The number of hydrogen-bond acceptors (Lipinski definition) is 19. The fraction of sp³-hybridized carbons (Fsp3) is 0.452. The number of esters is 5. The van der Waals surface area contributed by atoms with Gasteiger partial charge in [0.25, 0.3) is 0 Å². The van der Waals surface area contributed by atoms with E-state index in [0.29, 0.717) is 92.2 Å². The number of nitrogens with one attached hydrogen (secondary N) is 10. The first-order valence-electron chi connectivity index (χ1n) is 29.8. The SMILES string of the molecule is CCOC(=O)CNC(=O)NCC1CCOCC1.CCOC(=O)CNC(=O)NCCc1ccc(N)cc1.CCOC(=O)CNC(=O)NCc1cc(Cl)cc(Cl)c1.CCOC(=O)CNC(=O)NCc1ccc(C)cc1.CCOC(=O)CNC(=O)NCc1ccc2c(c1)OCO2. The van der Waals surface area contributed by atoms with Gasteiger partial charge in [-0.2, -0.15) is 0 Å².